The molecule has 0 N–H and O–H groups in total. The lowest BCUT2D eigenvalue weighted by Gasteiger charge is -2.06. The topological polar surface area (TPSA) is 33.0 Å². The van der Waals surface area contributed by atoms with Crippen LogP contribution in [0.15, 0.2) is 48.5 Å². The van der Waals surface area contributed by atoms with Crippen LogP contribution in [0.3, 0.4) is 0 Å². The van der Waals surface area contributed by atoms with Gasteiger partial charge < -0.3 is 4.74 Å². The molecule has 0 amide bonds. The molecule has 0 aliphatic rings. The standard InChI is InChI=1S/C14H10FNO/c15-14-7-6-13(10-11(14)8-9-16)17-12-4-2-1-3-5-12/h1-7,10H,8H2. The Morgan fingerprint density at radius 3 is 2.53 bits per heavy atom. The zero-order valence-corrected chi connectivity index (χ0v) is 9.06. The normalized spacial score (nSPS) is 9.65. The molecule has 0 radical (unpaired) electrons. The van der Waals surface area contributed by atoms with Crippen LogP contribution >= 0.6 is 0 Å². The molecule has 0 bridgehead atoms. The van der Waals surface area contributed by atoms with Gasteiger partial charge in [0.15, 0.2) is 0 Å². The van der Waals surface area contributed by atoms with Crippen molar-refractivity contribution >= 4 is 0 Å². The van der Waals surface area contributed by atoms with Crippen molar-refractivity contribution in [3.63, 3.8) is 0 Å². The van der Waals surface area contributed by atoms with Crippen LogP contribution in [0.1, 0.15) is 5.56 Å². The minimum atomic E-state index is -0.382. The van der Waals surface area contributed by atoms with Crippen LogP contribution in [0.25, 0.3) is 0 Å². The molecule has 84 valence electrons. The lowest BCUT2D eigenvalue weighted by atomic mass is 10.1. The molecule has 2 aromatic carbocycles. The van der Waals surface area contributed by atoms with Crippen LogP contribution in [0, 0.1) is 17.1 Å². The number of hydrogen-bond acceptors (Lipinski definition) is 2. The highest BCUT2D eigenvalue weighted by Gasteiger charge is 2.04. The fourth-order valence-corrected chi connectivity index (χ4v) is 1.46. The predicted molar refractivity (Wildman–Crippen MR) is 62.2 cm³/mol. The minimum absolute atomic E-state index is 0.0395. The van der Waals surface area contributed by atoms with Crippen molar-refractivity contribution in [3.8, 4) is 17.6 Å². The van der Waals surface area contributed by atoms with Crippen LogP contribution < -0.4 is 4.74 Å². The zero-order chi connectivity index (χ0) is 12.1. The van der Waals surface area contributed by atoms with Crippen LogP contribution in [0.4, 0.5) is 4.39 Å². The van der Waals surface area contributed by atoms with E-state index in [1.165, 1.54) is 6.07 Å². The van der Waals surface area contributed by atoms with Gasteiger partial charge in [-0.2, -0.15) is 5.26 Å². The van der Waals surface area contributed by atoms with Gasteiger partial charge in [0, 0.05) is 5.56 Å². The molecule has 0 atom stereocenters. The average molecular weight is 227 g/mol. The average Bonchev–Trinajstić information content (AvgIpc) is 2.35. The van der Waals surface area contributed by atoms with E-state index in [0.29, 0.717) is 17.1 Å². The van der Waals surface area contributed by atoms with E-state index >= 15 is 0 Å². The minimum Gasteiger partial charge on any atom is -0.457 e. The number of benzene rings is 2. The lowest BCUT2D eigenvalue weighted by molar-refractivity contribution is 0.479. The summed E-state index contributed by atoms with van der Waals surface area (Å²) in [6, 6.07) is 15.5. The molecule has 2 nitrogen and oxygen atoms in total. The molecule has 0 saturated heterocycles. The van der Waals surface area contributed by atoms with Crippen molar-refractivity contribution in [1.29, 1.82) is 5.26 Å². The quantitative estimate of drug-likeness (QED) is 0.801. The van der Waals surface area contributed by atoms with Crippen molar-refractivity contribution in [2.45, 2.75) is 6.42 Å². The molecule has 0 aliphatic carbocycles. The Labute approximate surface area is 98.9 Å². The van der Waals surface area contributed by atoms with Gasteiger partial charge in [0.1, 0.15) is 17.3 Å². The Hall–Kier alpha value is -2.34. The summed E-state index contributed by atoms with van der Waals surface area (Å²) in [6.07, 6.45) is 0.0395. The Morgan fingerprint density at radius 1 is 1.06 bits per heavy atom. The summed E-state index contributed by atoms with van der Waals surface area (Å²) in [4.78, 5) is 0. The summed E-state index contributed by atoms with van der Waals surface area (Å²) in [5.74, 6) is 0.830. The highest BCUT2D eigenvalue weighted by molar-refractivity contribution is 5.35. The third kappa shape index (κ3) is 2.82. The second kappa shape index (κ2) is 5.13. The number of nitrogens with zero attached hydrogens (tertiary/aromatic N) is 1. The van der Waals surface area contributed by atoms with E-state index in [4.69, 9.17) is 10.00 Å². The number of para-hydroxylation sites is 1. The summed E-state index contributed by atoms with van der Waals surface area (Å²) in [5, 5.41) is 8.57. The first-order valence-corrected chi connectivity index (χ1v) is 5.18. The molecule has 17 heavy (non-hydrogen) atoms. The van der Waals surface area contributed by atoms with Crippen molar-refractivity contribution in [1.82, 2.24) is 0 Å². The van der Waals surface area contributed by atoms with Crippen LogP contribution in [0.2, 0.25) is 0 Å². The fraction of sp³-hybridized carbons (Fsp3) is 0.0714. The molecular weight excluding hydrogens is 217 g/mol. The predicted octanol–water partition coefficient (Wildman–Crippen LogP) is 3.68. The second-order valence-corrected chi connectivity index (χ2v) is 3.50. The number of nitriles is 1. The molecule has 2 rings (SSSR count). The van der Waals surface area contributed by atoms with E-state index in [2.05, 4.69) is 0 Å². The van der Waals surface area contributed by atoms with E-state index in [-0.39, 0.29) is 12.2 Å². The molecule has 0 heterocycles. The van der Waals surface area contributed by atoms with Gasteiger partial charge in [-0.3, -0.25) is 0 Å². The van der Waals surface area contributed by atoms with Crippen molar-refractivity contribution in [2.75, 3.05) is 0 Å². The maximum absolute atomic E-state index is 13.3. The molecule has 0 spiro atoms. The van der Waals surface area contributed by atoms with Gasteiger partial charge in [-0.1, -0.05) is 18.2 Å². The summed E-state index contributed by atoms with van der Waals surface area (Å²) in [5.41, 5.74) is 0.348. The highest BCUT2D eigenvalue weighted by atomic mass is 19.1. The highest BCUT2D eigenvalue weighted by Crippen LogP contribution is 2.23. The number of halogens is 1. The largest absolute Gasteiger partial charge is 0.457 e. The molecule has 0 unspecified atom stereocenters. The molecule has 0 aliphatic heterocycles. The van der Waals surface area contributed by atoms with Gasteiger partial charge in [0.05, 0.1) is 12.5 Å². The van der Waals surface area contributed by atoms with Gasteiger partial charge in [0.2, 0.25) is 0 Å². The Morgan fingerprint density at radius 2 is 1.82 bits per heavy atom. The Kier molecular flexibility index (Phi) is 3.37. The summed E-state index contributed by atoms with van der Waals surface area (Å²) >= 11 is 0. The van der Waals surface area contributed by atoms with Gasteiger partial charge in [-0.15, -0.1) is 0 Å². The second-order valence-electron chi connectivity index (χ2n) is 3.50. The third-order valence-electron chi connectivity index (χ3n) is 2.27. The third-order valence-corrected chi connectivity index (χ3v) is 2.27. The van der Waals surface area contributed by atoms with E-state index in [9.17, 15) is 4.39 Å². The number of rotatable bonds is 3. The zero-order valence-electron chi connectivity index (χ0n) is 9.06. The molecule has 0 saturated carbocycles. The lowest BCUT2D eigenvalue weighted by Crippen LogP contribution is -1.91. The molecule has 0 aromatic heterocycles. The molecule has 3 heteroatoms. The van der Waals surface area contributed by atoms with E-state index < -0.39 is 0 Å². The van der Waals surface area contributed by atoms with Gasteiger partial charge in [-0.25, -0.2) is 4.39 Å². The number of ether oxygens (including phenoxy) is 1. The summed E-state index contributed by atoms with van der Waals surface area (Å²) in [6.45, 7) is 0. The Bertz CT molecular complexity index is 546. The van der Waals surface area contributed by atoms with Crippen molar-refractivity contribution < 1.29 is 9.13 Å². The summed E-state index contributed by atoms with van der Waals surface area (Å²) in [7, 11) is 0. The fourth-order valence-electron chi connectivity index (χ4n) is 1.46. The maximum Gasteiger partial charge on any atom is 0.127 e. The molecule has 0 fully saturated rings. The van der Waals surface area contributed by atoms with E-state index in [0.717, 1.165) is 0 Å². The van der Waals surface area contributed by atoms with Crippen LogP contribution in [0.5, 0.6) is 11.5 Å². The summed E-state index contributed by atoms with van der Waals surface area (Å²) < 4.78 is 18.8. The first-order valence-electron chi connectivity index (χ1n) is 5.18. The van der Waals surface area contributed by atoms with Crippen molar-refractivity contribution in [2.24, 2.45) is 0 Å². The SMILES string of the molecule is N#CCc1cc(Oc2ccccc2)ccc1F. The van der Waals surface area contributed by atoms with Gasteiger partial charge in [0.25, 0.3) is 0 Å². The van der Waals surface area contributed by atoms with Crippen LogP contribution in [-0.4, -0.2) is 0 Å². The molecular formula is C14H10FNO. The molecule has 2 aromatic rings. The number of hydrogen-bond donors (Lipinski definition) is 0. The Balaban J connectivity index is 2.23. The monoisotopic (exact) mass is 227 g/mol. The van der Waals surface area contributed by atoms with Crippen LogP contribution in [-0.2, 0) is 6.42 Å². The van der Waals surface area contributed by atoms with Crippen molar-refractivity contribution in [3.05, 3.63) is 59.9 Å². The van der Waals surface area contributed by atoms with Gasteiger partial charge >= 0.3 is 0 Å². The van der Waals surface area contributed by atoms with Gasteiger partial charge in [-0.05, 0) is 30.3 Å². The maximum atomic E-state index is 13.3. The van der Waals surface area contributed by atoms with E-state index in [1.54, 1.807) is 12.1 Å². The first-order chi connectivity index (χ1) is 8.29. The smallest absolute Gasteiger partial charge is 0.127 e. The van der Waals surface area contributed by atoms with E-state index in [1.807, 2.05) is 36.4 Å². The first kappa shape index (κ1) is 11.2.